The lowest BCUT2D eigenvalue weighted by molar-refractivity contribution is -0.133. The minimum Gasteiger partial charge on any atom is -0.497 e. The van der Waals surface area contributed by atoms with Gasteiger partial charge in [0.15, 0.2) is 0 Å². The molecule has 0 aromatic heterocycles. The molecule has 1 aliphatic rings. The monoisotopic (exact) mass is 278 g/mol. The van der Waals surface area contributed by atoms with Crippen molar-refractivity contribution in [3.63, 3.8) is 0 Å². The van der Waals surface area contributed by atoms with Crippen LogP contribution in [-0.2, 0) is 16.1 Å². The predicted molar refractivity (Wildman–Crippen MR) is 76.7 cm³/mol. The van der Waals surface area contributed by atoms with Crippen molar-refractivity contribution >= 4 is 5.91 Å². The zero-order chi connectivity index (χ0) is 14.4. The summed E-state index contributed by atoms with van der Waals surface area (Å²) in [6.45, 7) is 2.90. The Morgan fingerprint density at radius 3 is 2.80 bits per heavy atom. The van der Waals surface area contributed by atoms with Gasteiger partial charge in [-0.2, -0.15) is 0 Å². The van der Waals surface area contributed by atoms with E-state index in [0.717, 1.165) is 24.4 Å². The molecule has 1 N–H and O–H groups in total. The number of benzene rings is 1. The summed E-state index contributed by atoms with van der Waals surface area (Å²) < 4.78 is 10.7. The molecule has 0 bridgehead atoms. The minimum atomic E-state index is -0.00503. The van der Waals surface area contributed by atoms with E-state index in [-0.39, 0.29) is 12.0 Å². The number of amides is 1. The Kier molecular flexibility index (Phi) is 5.38. The molecule has 0 spiro atoms. The fraction of sp³-hybridized carbons (Fsp3) is 0.533. The number of methoxy groups -OCH3 is 1. The van der Waals surface area contributed by atoms with Crippen LogP contribution >= 0.6 is 0 Å². The molecular formula is C15H22N2O3. The van der Waals surface area contributed by atoms with Crippen LogP contribution in [0.1, 0.15) is 12.0 Å². The molecule has 2 rings (SSSR count). The molecule has 5 nitrogen and oxygen atoms in total. The first-order valence-corrected chi connectivity index (χ1v) is 6.88. The van der Waals surface area contributed by atoms with Crippen molar-refractivity contribution in [2.75, 3.05) is 33.9 Å². The third-order valence-electron chi connectivity index (χ3n) is 3.41. The second-order valence-electron chi connectivity index (χ2n) is 5.00. The van der Waals surface area contributed by atoms with Crippen molar-refractivity contribution in [3.8, 4) is 5.75 Å². The lowest BCUT2D eigenvalue weighted by atomic mass is 10.1. The molecule has 1 heterocycles. The molecule has 1 aliphatic heterocycles. The molecule has 1 aromatic rings. The Morgan fingerprint density at radius 2 is 2.20 bits per heavy atom. The summed E-state index contributed by atoms with van der Waals surface area (Å²) in [5.74, 6) is 0.930. The highest BCUT2D eigenvalue weighted by atomic mass is 16.5. The van der Waals surface area contributed by atoms with Gasteiger partial charge in [0.1, 0.15) is 5.75 Å². The van der Waals surface area contributed by atoms with Crippen LogP contribution in [0.5, 0.6) is 5.75 Å². The highest BCUT2D eigenvalue weighted by Gasteiger charge is 2.19. The van der Waals surface area contributed by atoms with Crippen molar-refractivity contribution in [3.05, 3.63) is 29.8 Å². The van der Waals surface area contributed by atoms with E-state index in [1.165, 1.54) is 0 Å². The SMILES string of the molecule is COc1ccc(CN(C)C(=O)CC2CNCCO2)cc1. The summed E-state index contributed by atoms with van der Waals surface area (Å²) in [7, 11) is 3.46. The summed E-state index contributed by atoms with van der Waals surface area (Å²) in [6, 6.07) is 7.76. The average molecular weight is 278 g/mol. The zero-order valence-electron chi connectivity index (χ0n) is 12.1. The van der Waals surface area contributed by atoms with Gasteiger partial charge in [-0.15, -0.1) is 0 Å². The first-order chi connectivity index (χ1) is 9.69. The normalized spacial score (nSPS) is 18.6. The van der Waals surface area contributed by atoms with Gasteiger partial charge < -0.3 is 19.7 Å². The molecule has 0 radical (unpaired) electrons. The number of ether oxygens (including phenoxy) is 2. The fourth-order valence-corrected chi connectivity index (χ4v) is 2.19. The molecule has 1 atom stereocenters. The van der Waals surface area contributed by atoms with Crippen LogP contribution in [0.3, 0.4) is 0 Å². The topological polar surface area (TPSA) is 50.8 Å². The van der Waals surface area contributed by atoms with E-state index in [1.54, 1.807) is 12.0 Å². The smallest absolute Gasteiger partial charge is 0.225 e. The van der Waals surface area contributed by atoms with Gasteiger partial charge in [-0.25, -0.2) is 0 Å². The Morgan fingerprint density at radius 1 is 1.45 bits per heavy atom. The van der Waals surface area contributed by atoms with E-state index in [9.17, 15) is 4.79 Å². The Balaban J connectivity index is 1.83. The highest BCUT2D eigenvalue weighted by Crippen LogP contribution is 2.13. The lowest BCUT2D eigenvalue weighted by Gasteiger charge is -2.25. The molecule has 0 saturated carbocycles. The van der Waals surface area contributed by atoms with Crippen LogP contribution in [0.15, 0.2) is 24.3 Å². The average Bonchev–Trinajstić information content (AvgIpc) is 2.49. The number of hydrogen-bond acceptors (Lipinski definition) is 4. The van der Waals surface area contributed by atoms with Crippen molar-refractivity contribution in [1.82, 2.24) is 10.2 Å². The lowest BCUT2D eigenvalue weighted by Crippen LogP contribution is -2.41. The summed E-state index contributed by atoms with van der Waals surface area (Å²) in [6.07, 6.45) is 0.425. The molecule has 20 heavy (non-hydrogen) atoms. The third-order valence-corrected chi connectivity index (χ3v) is 3.41. The van der Waals surface area contributed by atoms with Crippen molar-refractivity contribution in [1.29, 1.82) is 0 Å². The maximum atomic E-state index is 12.1. The van der Waals surface area contributed by atoms with Crippen molar-refractivity contribution in [2.45, 2.75) is 19.1 Å². The quantitative estimate of drug-likeness (QED) is 0.874. The summed E-state index contributed by atoms with van der Waals surface area (Å²) >= 11 is 0. The Bertz CT molecular complexity index is 427. The molecular weight excluding hydrogens is 256 g/mol. The van der Waals surface area contributed by atoms with Gasteiger partial charge in [0.25, 0.3) is 0 Å². The molecule has 1 amide bonds. The second kappa shape index (κ2) is 7.26. The van der Waals surface area contributed by atoms with E-state index in [0.29, 0.717) is 19.6 Å². The number of carbonyl (C=O) groups excluding carboxylic acids is 1. The molecule has 1 fully saturated rings. The van der Waals surface area contributed by atoms with Gasteiger partial charge in [0, 0.05) is 26.7 Å². The number of carbonyl (C=O) groups is 1. The Hall–Kier alpha value is -1.59. The van der Waals surface area contributed by atoms with Crippen LogP contribution in [0.25, 0.3) is 0 Å². The van der Waals surface area contributed by atoms with Crippen LogP contribution < -0.4 is 10.1 Å². The maximum Gasteiger partial charge on any atom is 0.225 e. The van der Waals surface area contributed by atoms with Crippen LogP contribution in [0, 0.1) is 0 Å². The van der Waals surface area contributed by atoms with E-state index < -0.39 is 0 Å². The third kappa shape index (κ3) is 4.21. The summed E-state index contributed by atoms with van der Waals surface area (Å²) in [5, 5.41) is 3.23. The van der Waals surface area contributed by atoms with Crippen LogP contribution in [0.4, 0.5) is 0 Å². The number of nitrogens with zero attached hydrogens (tertiary/aromatic N) is 1. The first kappa shape index (κ1) is 14.8. The molecule has 1 saturated heterocycles. The van der Waals surface area contributed by atoms with Gasteiger partial charge in [-0.3, -0.25) is 4.79 Å². The van der Waals surface area contributed by atoms with Gasteiger partial charge in [-0.1, -0.05) is 12.1 Å². The van der Waals surface area contributed by atoms with Crippen molar-refractivity contribution < 1.29 is 14.3 Å². The number of morpholine rings is 1. The number of rotatable bonds is 5. The van der Waals surface area contributed by atoms with Crippen LogP contribution in [-0.4, -0.2) is 50.8 Å². The standard InChI is InChI=1S/C15H22N2O3/c1-17(11-12-3-5-13(19-2)6-4-12)15(18)9-14-10-16-7-8-20-14/h3-6,14,16H,7-11H2,1-2H3. The first-order valence-electron chi connectivity index (χ1n) is 6.88. The predicted octanol–water partition coefficient (Wildman–Crippen LogP) is 1.03. The van der Waals surface area contributed by atoms with Gasteiger partial charge in [0.05, 0.1) is 26.2 Å². The molecule has 110 valence electrons. The summed E-state index contributed by atoms with van der Waals surface area (Å²) in [4.78, 5) is 13.9. The molecule has 0 aliphatic carbocycles. The largest absolute Gasteiger partial charge is 0.497 e. The van der Waals surface area contributed by atoms with Gasteiger partial charge >= 0.3 is 0 Å². The molecule has 5 heteroatoms. The molecule has 1 aromatic carbocycles. The number of hydrogen-bond donors (Lipinski definition) is 1. The van der Waals surface area contributed by atoms with E-state index in [2.05, 4.69) is 5.32 Å². The zero-order valence-corrected chi connectivity index (χ0v) is 12.1. The van der Waals surface area contributed by atoms with Gasteiger partial charge in [-0.05, 0) is 17.7 Å². The highest BCUT2D eigenvalue weighted by molar-refractivity contribution is 5.76. The van der Waals surface area contributed by atoms with E-state index >= 15 is 0 Å². The number of nitrogens with one attached hydrogen (secondary N) is 1. The van der Waals surface area contributed by atoms with E-state index in [4.69, 9.17) is 9.47 Å². The minimum absolute atomic E-state index is 0.00503. The van der Waals surface area contributed by atoms with Crippen LogP contribution in [0.2, 0.25) is 0 Å². The maximum absolute atomic E-state index is 12.1. The van der Waals surface area contributed by atoms with E-state index in [1.807, 2.05) is 31.3 Å². The summed E-state index contributed by atoms with van der Waals surface area (Å²) in [5.41, 5.74) is 1.09. The Labute approximate surface area is 119 Å². The fourth-order valence-electron chi connectivity index (χ4n) is 2.19. The second-order valence-corrected chi connectivity index (χ2v) is 5.00. The molecule has 1 unspecified atom stereocenters. The van der Waals surface area contributed by atoms with Gasteiger partial charge in [0.2, 0.25) is 5.91 Å². The van der Waals surface area contributed by atoms with Crippen molar-refractivity contribution in [2.24, 2.45) is 0 Å².